The van der Waals surface area contributed by atoms with Gasteiger partial charge < -0.3 is 19.1 Å². The molecule has 2 aromatic carbocycles. The van der Waals surface area contributed by atoms with Gasteiger partial charge in [-0.15, -0.1) is 0 Å². The molecule has 1 fully saturated rings. The molecule has 0 spiro atoms. The predicted molar refractivity (Wildman–Crippen MR) is 131 cm³/mol. The Morgan fingerprint density at radius 2 is 1.79 bits per heavy atom. The van der Waals surface area contributed by atoms with Gasteiger partial charge in [0.25, 0.3) is 0 Å². The van der Waals surface area contributed by atoms with E-state index in [1.165, 1.54) is 6.07 Å². The van der Waals surface area contributed by atoms with E-state index in [9.17, 15) is 9.18 Å². The van der Waals surface area contributed by atoms with E-state index in [0.29, 0.717) is 26.2 Å². The minimum absolute atomic E-state index is 0.0915. The van der Waals surface area contributed by atoms with Crippen LogP contribution >= 0.6 is 0 Å². The Hall–Kier alpha value is -2.64. The smallest absolute Gasteiger partial charge is 0.225 e. The third-order valence-electron chi connectivity index (χ3n) is 6.44. The molecule has 34 heavy (non-hydrogen) atoms. The van der Waals surface area contributed by atoms with Gasteiger partial charge in [-0.1, -0.05) is 26.0 Å². The summed E-state index contributed by atoms with van der Waals surface area (Å²) in [5.41, 5.74) is 2.06. The molecule has 1 amide bonds. The lowest BCUT2D eigenvalue weighted by Gasteiger charge is -2.29. The lowest BCUT2D eigenvalue weighted by atomic mass is 9.88. The Balaban J connectivity index is 1.84. The topological polar surface area (TPSA) is 51.2 Å². The first-order chi connectivity index (χ1) is 16.3. The maximum atomic E-state index is 14.1. The van der Waals surface area contributed by atoms with E-state index < -0.39 is 0 Å². The Morgan fingerprint density at radius 1 is 1.09 bits per heavy atom. The first kappa shape index (κ1) is 26.0. The Bertz CT molecular complexity index is 930. The number of nitrogens with zero attached hydrogens (tertiary/aromatic N) is 2. The lowest BCUT2D eigenvalue weighted by Crippen LogP contribution is -2.41. The van der Waals surface area contributed by atoms with Crippen LogP contribution < -0.4 is 9.47 Å². The maximum Gasteiger partial charge on any atom is 0.225 e. The highest BCUT2D eigenvalue weighted by Crippen LogP contribution is 2.35. The molecule has 0 bridgehead atoms. The van der Waals surface area contributed by atoms with Crippen molar-refractivity contribution in [1.29, 1.82) is 0 Å². The molecule has 0 radical (unpaired) electrons. The average molecular weight is 473 g/mol. The van der Waals surface area contributed by atoms with E-state index in [1.54, 1.807) is 33.5 Å². The summed E-state index contributed by atoms with van der Waals surface area (Å²) in [6.07, 6.45) is 0. The van der Waals surface area contributed by atoms with Gasteiger partial charge in [0.1, 0.15) is 17.3 Å². The number of benzene rings is 2. The van der Waals surface area contributed by atoms with Crippen molar-refractivity contribution in [2.75, 3.05) is 54.1 Å². The zero-order chi connectivity index (χ0) is 24.7. The van der Waals surface area contributed by atoms with Gasteiger partial charge in [-0.25, -0.2) is 4.39 Å². The van der Waals surface area contributed by atoms with Crippen molar-refractivity contribution in [3.63, 3.8) is 0 Å². The van der Waals surface area contributed by atoms with Crippen LogP contribution in [-0.4, -0.2) is 69.8 Å². The molecule has 7 heteroatoms. The number of carbonyl (C=O) groups excluding carboxylic acids is 1. The summed E-state index contributed by atoms with van der Waals surface area (Å²) in [7, 11) is 4.93. The molecule has 0 aliphatic carbocycles. The van der Waals surface area contributed by atoms with E-state index in [2.05, 4.69) is 4.90 Å². The highest BCUT2D eigenvalue weighted by Gasteiger charge is 2.36. The summed E-state index contributed by atoms with van der Waals surface area (Å²) in [4.78, 5) is 17.2. The molecule has 2 atom stereocenters. The monoisotopic (exact) mass is 472 g/mol. The summed E-state index contributed by atoms with van der Waals surface area (Å²) < 4.78 is 30.2. The van der Waals surface area contributed by atoms with Gasteiger partial charge in [-0.05, 0) is 41.3 Å². The van der Waals surface area contributed by atoms with Gasteiger partial charge in [0, 0.05) is 57.7 Å². The first-order valence-corrected chi connectivity index (χ1v) is 11.8. The molecular weight excluding hydrogens is 435 g/mol. The summed E-state index contributed by atoms with van der Waals surface area (Å²) in [5.74, 6) is 1.58. The number of ether oxygens (including phenoxy) is 3. The molecule has 1 aliphatic heterocycles. The van der Waals surface area contributed by atoms with E-state index in [-0.39, 0.29) is 29.5 Å². The second kappa shape index (κ2) is 12.2. The van der Waals surface area contributed by atoms with Crippen molar-refractivity contribution in [3.05, 3.63) is 59.4 Å². The first-order valence-electron chi connectivity index (χ1n) is 11.8. The highest BCUT2D eigenvalue weighted by molar-refractivity contribution is 5.78. The molecule has 1 saturated heterocycles. The van der Waals surface area contributed by atoms with Crippen molar-refractivity contribution in [2.24, 2.45) is 11.8 Å². The Kier molecular flexibility index (Phi) is 9.30. The van der Waals surface area contributed by atoms with Gasteiger partial charge >= 0.3 is 0 Å². The van der Waals surface area contributed by atoms with Crippen LogP contribution in [0.25, 0.3) is 0 Å². The van der Waals surface area contributed by atoms with Crippen molar-refractivity contribution < 1.29 is 23.4 Å². The van der Waals surface area contributed by atoms with Crippen molar-refractivity contribution in [3.8, 4) is 11.5 Å². The maximum absolute atomic E-state index is 14.1. The molecule has 0 aromatic heterocycles. The van der Waals surface area contributed by atoms with Crippen LogP contribution in [0.4, 0.5) is 4.39 Å². The van der Waals surface area contributed by atoms with Crippen LogP contribution in [0, 0.1) is 17.7 Å². The number of methoxy groups -OCH3 is 3. The van der Waals surface area contributed by atoms with Crippen LogP contribution in [0.15, 0.2) is 42.5 Å². The summed E-state index contributed by atoms with van der Waals surface area (Å²) in [6.45, 7) is 7.78. The van der Waals surface area contributed by atoms with E-state index in [4.69, 9.17) is 14.2 Å². The van der Waals surface area contributed by atoms with Gasteiger partial charge in [0.05, 0.1) is 20.8 Å². The molecule has 3 rings (SSSR count). The lowest BCUT2D eigenvalue weighted by molar-refractivity contribution is -0.135. The Morgan fingerprint density at radius 3 is 2.38 bits per heavy atom. The minimum Gasteiger partial charge on any atom is -0.497 e. The number of halogens is 1. The molecule has 1 aliphatic rings. The van der Waals surface area contributed by atoms with Crippen LogP contribution in [0.3, 0.4) is 0 Å². The SMILES string of the molecule is COCCN(C[C@@H]1CN(Cc2cc(OC)cc(OC)c2)C[C@@H]1c1cccc(F)c1)C(=O)C(C)C. The molecule has 6 nitrogen and oxygen atoms in total. The number of hydrogen-bond donors (Lipinski definition) is 0. The zero-order valence-electron chi connectivity index (χ0n) is 20.9. The number of rotatable bonds is 11. The van der Waals surface area contributed by atoms with Gasteiger partial charge in [-0.2, -0.15) is 0 Å². The second-order valence-corrected chi connectivity index (χ2v) is 9.27. The second-order valence-electron chi connectivity index (χ2n) is 9.27. The summed E-state index contributed by atoms with van der Waals surface area (Å²) in [6, 6.07) is 12.7. The van der Waals surface area contributed by atoms with Crippen molar-refractivity contribution in [1.82, 2.24) is 9.80 Å². The highest BCUT2D eigenvalue weighted by atomic mass is 19.1. The Labute approximate surface area is 202 Å². The molecule has 0 N–H and O–H groups in total. The number of amides is 1. The van der Waals surface area contributed by atoms with Crippen molar-refractivity contribution >= 4 is 5.91 Å². The van der Waals surface area contributed by atoms with E-state index >= 15 is 0 Å². The zero-order valence-corrected chi connectivity index (χ0v) is 20.9. The van der Waals surface area contributed by atoms with Crippen LogP contribution in [0.2, 0.25) is 0 Å². The molecule has 186 valence electrons. The van der Waals surface area contributed by atoms with Gasteiger partial charge in [-0.3, -0.25) is 9.69 Å². The van der Waals surface area contributed by atoms with E-state index in [0.717, 1.165) is 35.7 Å². The molecule has 0 saturated carbocycles. The third-order valence-corrected chi connectivity index (χ3v) is 6.44. The average Bonchev–Trinajstić information content (AvgIpc) is 3.22. The minimum atomic E-state index is -0.235. The third kappa shape index (κ3) is 6.70. The fraction of sp³-hybridized carbons (Fsp3) is 0.519. The number of likely N-dealkylation sites (tertiary alicyclic amines) is 1. The quantitative estimate of drug-likeness (QED) is 0.491. The van der Waals surface area contributed by atoms with Gasteiger partial charge in [0.15, 0.2) is 0 Å². The number of carbonyl (C=O) groups is 1. The van der Waals surface area contributed by atoms with Crippen LogP contribution in [0.5, 0.6) is 11.5 Å². The molecule has 2 aromatic rings. The largest absolute Gasteiger partial charge is 0.497 e. The molecule has 1 heterocycles. The van der Waals surface area contributed by atoms with Gasteiger partial charge in [0.2, 0.25) is 5.91 Å². The fourth-order valence-electron chi connectivity index (χ4n) is 4.75. The summed E-state index contributed by atoms with van der Waals surface area (Å²) in [5, 5.41) is 0. The number of hydrogen-bond acceptors (Lipinski definition) is 5. The fourth-order valence-corrected chi connectivity index (χ4v) is 4.75. The standard InChI is InChI=1S/C27H37FN2O4/c1-19(2)27(31)30(9-10-32-3)17-22-16-29(18-26(22)21-7-6-8-23(28)13-21)15-20-11-24(33-4)14-25(12-20)34-5/h6-8,11-14,19,22,26H,9-10,15-18H2,1-5H3/t22-,26+/m0/s1. The summed E-state index contributed by atoms with van der Waals surface area (Å²) >= 11 is 0. The van der Waals surface area contributed by atoms with Crippen LogP contribution in [-0.2, 0) is 16.1 Å². The van der Waals surface area contributed by atoms with E-state index in [1.807, 2.05) is 43.0 Å². The predicted octanol–water partition coefficient (Wildman–Crippen LogP) is 4.19. The molecular formula is C27H37FN2O4. The normalized spacial score (nSPS) is 18.3. The molecule has 0 unspecified atom stereocenters. The van der Waals surface area contributed by atoms with Crippen LogP contribution in [0.1, 0.15) is 30.9 Å². The van der Waals surface area contributed by atoms with Crippen molar-refractivity contribution in [2.45, 2.75) is 26.3 Å².